The molecule has 0 saturated carbocycles. The minimum atomic E-state index is 0.839. The van der Waals surface area contributed by atoms with E-state index in [1.165, 1.54) is 44.9 Å². The highest BCUT2D eigenvalue weighted by molar-refractivity contribution is 6.17. The maximum atomic E-state index is 5.59. The smallest absolute Gasteiger partial charge is 0.0223 e. The van der Waals surface area contributed by atoms with Crippen LogP contribution < -0.4 is 0 Å². The van der Waals surface area contributed by atoms with Crippen LogP contribution in [0.2, 0.25) is 0 Å². The lowest BCUT2D eigenvalue weighted by Gasteiger charge is -2.06. The second kappa shape index (κ2) is 9.38. The van der Waals surface area contributed by atoms with Crippen LogP contribution in [0, 0.1) is 5.92 Å². The zero-order valence-electron chi connectivity index (χ0n) is 8.61. The van der Waals surface area contributed by atoms with Gasteiger partial charge in [0.15, 0.2) is 0 Å². The fourth-order valence-corrected chi connectivity index (χ4v) is 1.51. The van der Waals surface area contributed by atoms with Gasteiger partial charge in [0.1, 0.15) is 0 Å². The van der Waals surface area contributed by atoms with Gasteiger partial charge in [-0.15, -0.1) is 11.6 Å². The first-order valence-electron chi connectivity index (χ1n) is 5.37. The molecule has 0 spiro atoms. The lowest BCUT2D eigenvalue weighted by molar-refractivity contribution is 0.474. The Kier molecular flexibility index (Phi) is 9.61. The second-order valence-corrected chi connectivity index (χ2v) is 4.14. The molecule has 74 valence electrons. The zero-order valence-corrected chi connectivity index (χ0v) is 9.37. The van der Waals surface area contributed by atoms with E-state index in [0.717, 1.165) is 11.8 Å². The molecule has 0 bridgehead atoms. The molecule has 1 unspecified atom stereocenters. The molecule has 0 nitrogen and oxygen atoms in total. The van der Waals surface area contributed by atoms with Crippen LogP contribution in [0.4, 0.5) is 0 Å². The van der Waals surface area contributed by atoms with Crippen molar-refractivity contribution in [3.63, 3.8) is 0 Å². The summed E-state index contributed by atoms with van der Waals surface area (Å²) < 4.78 is 0. The predicted octanol–water partition coefficient (Wildman–Crippen LogP) is 4.61. The molecular weight excluding hydrogens is 168 g/mol. The molecule has 0 amide bonds. The summed E-state index contributed by atoms with van der Waals surface area (Å²) in [5.74, 6) is 1.77. The van der Waals surface area contributed by atoms with Crippen LogP contribution in [-0.4, -0.2) is 5.88 Å². The Morgan fingerprint density at radius 1 is 1.00 bits per heavy atom. The molecule has 1 atom stereocenters. The standard InChI is InChI=1S/C11H23Cl/c1-3-11(2)9-7-5-4-6-8-10-12/h11H,3-10H2,1-2H3. The first-order chi connectivity index (χ1) is 5.81. The Labute approximate surface area is 82.7 Å². The van der Waals surface area contributed by atoms with Crippen molar-refractivity contribution in [2.45, 2.75) is 58.8 Å². The summed E-state index contributed by atoms with van der Waals surface area (Å²) in [6.07, 6.45) is 9.47. The Hall–Kier alpha value is 0.290. The third-order valence-electron chi connectivity index (χ3n) is 2.53. The summed E-state index contributed by atoms with van der Waals surface area (Å²) in [6.45, 7) is 4.62. The van der Waals surface area contributed by atoms with Crippen LogP contribution in [0.25, 0.3) is 0 Å². The van der Waals surface area contributed by atoms with Crippen molar-refractivity contribution < 1.29 is 0 Å². The number of alkyl halides is 1. The van der Waals surface area contributed by atoms with Gasteiger partial charge in [-0.25, -0.2) is 0 Å². The predicted molar refractivity (Wildman–Crippen MR) is 57.9 cm³/mol. The number of hydrogen-bond donors (Lipinski definition) is 0. The van der Waals surface area contributed by atoms with Gasteiger partial charge in [-0.1, -0.05) is 52.4 Å². The van der Waals surface area contributed by atoms with Gasteiger partial charge in [-0.3, -0.25) is 0 Å². The highest BCUT2D eigenvalue weighted by Crippen LogP contribution is 2.13. The van der Waals surface area contributed by atoms with Crippen molar-refractivity contribution in [2.75, 3.05) is 5.88 Å². The van der Waals surface area contributed by atoms with Gasteiger partial charge < -0.3 is 0 Å². The van der Waals surface area contributed by atoms with E-state index in [4.69, 9.17) is 11.6 Å². The zero-order chi connectivity index (χ0) is 9.23. The Morgan fingerprint density at radius 3 is 2.17 bits per heavy atom. The molecule has 0 aromatic rings. The van der Waals surface area contributed by atoms with Gasteiger partial charge in [0.05, 0.1) is 0 Å². The molecule has 0 aliphatic rings. The molecular formula is C11H23Cl. The fourth-order valence-electron chi connectivity index (χ4n) is 1.32. The van der Waals surface area contributed by atoms with Crippen molar-refractivity contribution >= 4 is 11.6 Å². The van der Waals surface area contributed by atoms with Gasteiger partial charge in [-0.05, 0) is 12.3 Å². The minimum absolute atomic E-state index is 0.839. The summed E-state index contributed by atoms with van der Waals surface area (Å²) >= 11 is 5.59. The second-order valence-electron chi connectivity index (χ2n) is 3.76. The molecule has 0 aliphatic carbocycles. The first-order valence-corrected chi connectivity index (χ1v) is 5.90. The van der Waals surface area contributed by atoms with Crippen LogP contribution in [-0.2, 0) is 0 Å². The molecule has 0 rings (SSSR count). The molecule has 1 heteroatoms. The van der Waals surface area contributed by atoms with E-state index in [2.05, 4.69) is 13.8 Å². The summed E-state index contributed by atoms with van der Waals surface area (Å²) in [5, 5.41) is 0. The number of rotatable bonds is 8. The highest BCUT2D eigenvalue weighted by Gasteiger charge is 1.97. The Balaban J connectivity index is 2.90. The molecule has 0 aromatic carbocycles. The SMILES string of the molecule is CCC(C)CCCCCCCCl. The maximum absolute atomic E-state index is 5.59. The fraction of sp³-hybridized carbons (Fsp3) is 1.00. The topological polar surface area (TPSA) is 0 Å². The van der Waals surface area contributed by atoms with E-state index >= 15 is 0 Å². The maximum Gasteiger partial charge on any atom is 0.0223 e. The largest absolute Gasteiger partial charge is 0.127 e. The average Bonchev–Trinajstić information content (AvgIpc) is 2.10. The van der Waals surface area contributed by atoms with Gasteiger partial charge in [0, 0.05) is 5.88 Å². The number of hydrogen-bond acceptors (Lipinski definition) is 0. The Bertz CT molecular complexity index is 81.1. The summed E-state index contributed by atoms with van der Waals surface area (Å²) in [7, 11) is 0. The number of halogens is 1. The molecule has 0 heterocycles. The van der Waals surface area contributed by atoms with E-state index < -0.39 is 0 Å². The van der Waals surface area contributed by atoms with Crippen molar-refractivity contribution in [2.24, 2.45) is 5.92 Å². The summed E-state index contributed by atoms with van der Waals surface area (Å²) in [4.78, 5) is 0. The van der Waals surface area contributed by atoms with Crippen molar-refractivity contribution in [1.29, 1.82) is 0 Å². The molecule has 0 aromatic heterocycles. The van der Waals surface area contributed by atoms with Crippen LogP contribution >= 0.6 is 11.6 Å². The van der Waals surface area contributed by atoms with E-state index in [-0.39, 0.29) is 0 Å². The van der Waals surface area contributed by atoms with Crippen molar-refractivity contribution in [3.05, 3.63) is 0 Å². The Morgan fingerprint density at radius 2 is 1.58 bits per heavy atom. The van der Waals surface area contributed by atoms with E-state index in [1.54, 1.807) is 0 Å². The van der Waals surface area contributed by atoms with Crippen LogP contribution in [0.1, 0.15) is 58.8 Å². The van der Waals surface area contributed by atoms with Crippen LogP contribution in [0.5, 0.6) is 0 Å². The summed E-state index contributed by atoms with van der Waals surface area (Å²) in [5.41, 5.74) is 0. The molecule has 0 fully saturated rings. The average molecular weight is 191 g/mol. The van der Waals surface area contributed by atoms with E-state index in [0.29, 0.717) is 0 Å². The lowest BCUT2D eigenvalue weighted by Crippen LogP contribution is -1.91. The van der Waals surface area contributed by atoms with Gasteiger partial charge in [0.25, 0.3) is 0 Å². The molecule has 0 saturated heterocycles. The van der Waals surface area contributed by atoms with Gasteiger partial charge >= 0.3 is 0 Å². The third kappa shape index (κ3) is 8.39. The van der Waals surface area contributed by atoms with E-state index in [9.17, 15) is 0 Å². The summed E-state index contributed by atoms with van der Waals surface area (Å²) in [6, 6.07) is 0. The van der Waals surface area contributed by atoms with Gasteiger partial charge in [0.2, 0.25) is 0 Å². The monoisotopic (exact) mass is 190 g/mol. The minimum Gasteiger partial charge on any atom is -0.127 e. The number of unbranched alkanes of at least 4 members (excludes halogenated alkanes) is 4. The van der Waals surface area contributed by atoms with Crippen LogP contribution in [0.15, 0.2) is 0 Å². The first kappa shape index (κ1) is 12.3. The van der Waals surface area contributed by atoms with E-state index in [1.807, 2.05) is 0 Å². The quantitative estimate of drug-likeness (QED) is 0.387. The van der Waals surface area contributed by atoms with Crippen molar-refractivity contribution in [3.8, 4) is 0 Å². The third-order valence-corrected chi connectivity index (χ3v) is 2.79. The van der Waals surface area contributed by atoms with Crippen molar-refractivity contribution in [1.82, 2.24) is 0 Å². The molecule has 0 N–H and O–H groups in total. The van der Waals surface area contributed by atoms with Crippen LogP contribution in [0.3, 0.4) is 0 Å². The normalized spacial score (nSPS) is 13.2. The molecule has 12 heavy (non-hydrogen) atoms. The highest BCUT2D eigenvalue weighted by atomic mass is 35.5. The molecule has 0 aliphatic heterocycles. The van der Waals surface area contributed by atoms with Gasteiger partial charge in [-0.2, -0.15) is 0 Å². The lowest BCUT2D eigenvalue weighted by atomic mass is 10.0. The molecule has 0 radical (unpaired) electrons.